The lowest BCUT2D eigenvalue weighted by Crippen LogP contribution is -1.98. The Morgan fingerprint density at radius 1 is 1.40 bits per heavy atom. The summed E-state index contributed by atoms with van der Waals surface area (Å²) >= 11 is 0. The summed E-state index contributed by atoms with van der Waals surface area (Å²) in [7, 11) is 1.68. The second kappa shape index (κ2) is 3.65. The molecule has 76 valence electrons. The molecule has 0 amide bonds. The summed E-state index contributed by atoms with van der Waals surface area (Å²) in [4.78, 5) is 14.5. The molecular formula is C11H9FN2O. The number of carbonyl (C=O) groups is 1. The molecule has 0 aliphatic rings. The fourth-order valence-electron chi connectivity index (χ4n) is 1.45. The largest absolute Gasteiger partial charge is 0.325 e. The Labute approximate surface area is 86.2 Å². The van der Waals surface area contributed by atoms with Gasteiger partial charge in [0, 0.05) is 12.6 Å². The molecule has 0 atom stereocenters. The van der Waals surface area contributed by atoms with Crippen LogP contribution in [0.25, 0.3) is 11.3 Å². The third-order valence-electron chi connectivity index (χ3n) is 2.28. The molecule has 2 rings (SSSR count). The fraction of sp³-hybridized carbons (Fsp3) is 0.0909. The van der Waals surface area contributed by atoms with Crippen LogP contribution in [-0.2, 0) is 7.05 Å². The van der Waals surface area contributed by atoms with Gasteiger partial charge in [0.1, 0.15) is 5.82 Å². The molecular weight excluding hydrogens is 195 g/mol. The average molecular weight is 204 g/mol. The number of nitrogens with zero attached hydrogens (tertiary/aromatic N) is 2. The number of imidazole rings is 1. The minimum absolute atomic E-state index is 0.285. The van der Waals surface area contributed by atoms with Crippen LogP contribution in [0.15, 0.2) is 30.5 Å². The number of rotatable bonds is 2. The monoisotopic (exact) mass is 204 g/mol. The van der Waals surface area contributed by atoms with E-state index < -0.39 is 0 Å². The lowest BCUT2D eigenvalue weighted by Gasteiger charge is -2.03. The van der Waals surface area contributed by atoms with Crippen LogP contribution in [0, 0.1) is 5.82 Å². The standard InChI is InChI=1S/C11H9FN2O/c1-14-10(6-13-11(14)7-15)8-4-2-3-5-9(8)12/h2-7H,1H3. The molecule has 0 spiro atoms. The van der Waals surface area contributed by atoms with Crippen molar-refractivity contribution in [3.8, 4) is 11.3 Å². The normalized spacial score (nSPS) is 10.3. The third-order valence-corrected chi connectivity index (χ3v) is 2.28. The van der Waals surface area contributed by atoms with Gasteiger partial charge < -0.3 is 4.57 Å². The Morgan fingerprint density at radius 3 is 2.73 bits per heavy atom. The fourth-order valence-corrected chi connectivity index (χ4v) is 1.45. The first kappa shape index (κ1) is 9.58. The molecule has 1 heterocycles. The van der Waals surface area contributed by atoms with E-state index in [1.807, 2.05) is 0 Å². The summed E-state index contributed by atoms with van der Waals surface area (Å²) in [5, 5.41) is 0. The molecule has 2 aromatic rings. The van der Waals surface area contributed by atoms with Gasteiger partial charge in [0.15, 0.2) is 12.1 Å². The van der Waals surface area contributed by atoms with Crippen LogP contribution < -0.4 is 0 Å². The van der Waals surface area contributed by atoms with Gasteiger partial charge in [0.05, 0.1) is 11.9 Å². The second-order valence-corrected chi connectivity index (χ2v) is 3.16. The lowest BCUT2D eigenvalue weighted by atomic mass is 10.1. The molecule has 3 nitrogen and oxygen atoms in total. The number of aldehydes is 1. The van der Waals surface area contributed by atoms with Crippen LogP contribution in [0.4, 0.5) is 4.39 Å². The van der Waals surface area contributed by atoms with E-state index in [1.54, 1.807) is 29.8 Å². The van der Waals surface area contributed by atoms with Gasteiger partial charge in [-0.25, -0.2) is 9.37 Å². The zero-order valence-corrected chi connectivity index (χ0v) is 8.14. The highest BCUT2D eigenvalue weighted by molar-refractivity contribution is 5.72. The predicted octanol–water partition coefficient (Wildman–Crippen LogP) is 2.04. The topological polar surface area (TPSA) is 34.9 Å². The van der Waals surface area contributed by atoms with Gasteiger partial charge in [0.25, 0.3) is 0 Å². The van der Waals surface area contributed by atoms with E-state index in [0.717, 1.165) is 0 Å². The maximum absolute atomic E-state index is 13.4. The van der Waals surface area contributed by atoms with Gasteiger partial charge in [-0.15, -0.1) is 0 Å². The maximum Gasteiger partial charge on any atom is 0.185 e. The molecule has 0 unspecified atom stereocenters. The van der Waals surface area contributed by atoms with Crippen LogP contribution in [0.2, 0.25) is 0 Å². The minimum Gasteiger partial charge on any atom is -0.325 e. The highest BCUT2D eigenvalue weighted by atomic mass is 19.1. The molecule has 15 heavy (non-hydrogen) atoms. The van der Waals surface area contributed by atoms with Crippen LogP contribution in [0.1, 0.15) is 10.6 Å². The van der Waals surface area contributed by atoms with Crippen molar-refractivity contribution < 1.29 is 9.18 Å². The van der Waals surface area contributed by atoms with Crippen LogP contribution in [0.5, 0.6) is 0 Å². The Hall–Kier alpha value is -1.97. The third kappa shape index (κ3) is 1.54. The predicted molar refractivity (Wildman–Crippen MR) is 54.0 cm³/mol. The highest BCUT2D eigenvalue weighted by Crippen LogP contribution is 2.22. The van der Waals surface area contributed by atoms with Gasteiger partial charge >= 0.3 is 0 Å². The van der Waals surface area contributed by atoms with Gasteiger partial charge in [-0.05, 0) is 12.1 Å². The van der Waals surface area contributed by atoms with Crippen molar-refractivity contribution in [3.63, 3.8) is 0 Å². The SMILES string of the molecule is Cn1c(-c2ccccc2F)cnc1C=O. The van der Waals surface area contributed by atoms with Crippen LogP contribution >= 0.6 is 0 Å². The minimum atomic E-state index is -0.321. The van der Waals surface area contributed by atoms with Crippen molar-refractivity contribution in [3.05, 3.63) is 42.1 Å². The van der Waals surface area contributed by atoms with Crippen molar-refractivity contribution >= 4 is 6.29 Å². The second-order valence-electron chi connectivity index (χ2n) is 3.16. The molecule has 1 aromatic carbocycles. The number of benzene rings is 1. The molecule has 0 saturated heterocycles. The van der Waals surface area contributed by atoms with Gasteiger partial charge in [-0.2, -0.15) is 0 Å². The first-order chi connectivity index (χ1) is 7.24. The van der Waals surface area contributed by atoms with E-state index >= 15 is 0 Å². The van der Waals surface area contributed by atoms with Crippen molar-refractivity contribution in [2.45, 2.75) is 0 Å². The molecule has 4 heteroatoms. The van der Waals surface area contributed by atoms with E-state index in [4.69, 9.17) is 0 Å². The van der Waals surface area contributed by atoms with Gasteiger partial charge in [0.2, 0.25) is 0 Å². The van der Waals surface area contributed by atoms with E-state index in [-0.39, 0.29) is 11.6 Å². The molecule has 0 bridgehead atoms. The smallest absolute Gasteiger partial charge is 0.185 e. The van der Waals surface area contributed by atoms with E-state index in [9.17, 15) is 9.18 Å². The van der Waals surface area contributed by atoms with Gasteiger partial charge in [-0.3, -0.25) is 4.79 Å². The number of hydrogen-bond acceptors (Lipinski definition) is 2. The van der Waals surface area contributed by atoms with Crippen molar-refractivity contribution in [1.82, 2.24) is 9.55 Å². The first-order valence-electron chi connectivity index (χ1n) is 4.46. The summed E-state index contributed by atoms with van der Waals surface area (Å²) in [5.41, 5.74) is 1.04. The molecule has 0 radical (unpaired) electrons. The summed E-state index contributed by atoms with van der Waals surface area (Å²) in [6.07, 6.45) is 2.13. The van der Waals surface area contributed by atoms with Crippen molar-refractivity contribution in [2.75, 3.05) is 0 Å². The van der Waals surface area contributed by atoms with E-state index in [0.29, 0.717) is 17.5 Å². The zero-order chi connectivity index (χ0) is 10.8. The molecule has 0 aliphatic carbocycles. The Bertz CT molecular complexity index is 505. The number of carbonyl (C=O) groups excluding carboxylic acids is 1. The number of halogens is 1. The number of aromatic nitrogens is 2. The van der Waals surface area contributed by atoms with Crippen LogP contribution in [0.3, 0.4) is 0 Å². The van der Waals surface area contributed by atoms with Crippen molar-refractivity contribution in [2.24, 2.45) is 7.05 Å². The zero-order valence-electron chi connectivity index (χ0n) is 8.14. The van der Waals surface area contributed by atoms with Crippen LogP contribution in [-0.4, -0.2) is 15.8 Å². The van der Waals surface area contributed by atoms with Crippen molar-refractivity contribution in [1.29, 1.82) is 0 Å². The Morgan fingerprint density at radius 2 is 2.13 bits per heavy atom. The summed E-state index contributed by atoms with van der Waals surface area (Å²) in [5.74, 6) is -0.0359. The highest BCUT2D eigenvalue weighted by Gasteiger charge is 2.10. The van der Waals surface area contributed by atoms with E-state index in [1.165, 1.54) is 12.3 Å². The first-order valence-corrected chi connectivity index (χ1v) is 4.46. The average Bonchev–Trinajstić information content (AvgIpc) is 2.60. The molecule has 0 N–H and O–H groups in total. The quantitative estimate of drug-likeness (QED) is 0.701. The van der Waals surface area contributed by atoms with E-state index in [2.05, 4.69) is 4.98 Å². The maximum atomic E-state index is 13.4. The summed E-state index contributed by atoms with van der Waals surface area (Å²) in [6.45, 7) is 0. The molecule has 0 fully saturated rings. The van der Waals surface area contributed by atoms with Gasteiger partial charge in [-0.1, -0.05) is 12.1 Å². The Balaban J connectivity index is 2.59. The summed E-state index contributed by atoms with van der Waals surface area (Å²) < 4.78 is 15.0. The summed E-state index contributed by atoms with van der Waals surface area (Å²) in [6, 6.07) is 6.39. The molecule has 0 saturated carbocycles. The molecule has 1 aromatic heterocycles. The molecule has 0 aliphatic heterocycles. The number of hydrogen-bond donors (Lipinski definition) is 0. The Kier molecular flexibility index (Phi) is 2.33. The lowest BCUT2D eigenvalue weighted by molar-refractivity contribution is 0.111.